The molecule has 0 unspecified atom stereocenters. The van der Waals surface area contributed by atoms with Crippen LogP contribution in [-0.4, -0.2) is 36.2 Å². The van der Waals surface area contributed by atoms with Crippen LogP contribution < -0.4 is 0 Å². The maximum Gasteiger partial charge on any atom is 0.0589 e. The minimum Gasteiger partial charge on any atom is -0.376 e. The summed E-state index contributed by atoms with van der Waals surface area (Å²) in [5.41, 5.74) is 0.658. The molecule has 0 radical (unpaired) electrons. The van der Waals surface area contributed by atoms with Gasteiger partial charge in [0.1, 0.15) is 0 Å². The van der Waals surface area contributed by atoms with E-state index < -0.39 is 0 Å². The number of ether oxygens (including phenoxy) is 1. The molecule has 2 heteroatoms. The van der Waals surface area contributed by atoms with Gasteiger partial charge in [0.15, 0.2) is 0 Å². The van der Waals surface area contributed by atoms with Crippen molar-refractivity contribution in [2.24, 2.45) is 5.41 Å². The Bertz CT molecular complexity index is 214. The van der Waals surface area contributed by atoms with Crippen LogP contribution in [0.3, 0.4) is 0 Å². The molecule has 1 aliphatic heterocycles. The Morgan fingerprint density at radius 1 is 1.00 bits per heavy atom. The van der Waals surface area contributed by atoms with E-state index in [2.05, 4.69) is 32.6 Å². The highest BCUT2D eigenvalue weighted by molar-refractivity contribution is 4.98. The molecule has 2 fully saturated rings. The normalized spacial score (nSPS) is 24.0. The fourth-order valence-corrected chi connectivity index (χ4v) is 3.31. The van der Waals surface area contributed by atoms with Crippen molar-refractivity contribution in [1.82, 2.24) is 4.90 Å². The maximum absolute atomic E-state index is 5.87. The molecule has 1 heterocycles. The fourth-order valence-electron chi connectivity index (χ4n) is 3.31. The molecular formula is C16H33NO. The number of piperidine rings is 1. The van der Waals surface area contributed by atoms with E-state index in [-0.39, 0.29) is 0 Å². The zero-order chi connectivity index (χ0) is 13.8. The summed E-state index contributed by atoms with van der Waals surface area (Å²) in [4.78, 5) is 2.61. The van der Waals surface area contributed by atoms with E-state index in [1.165, 1.54) is 38.8 Å². The maximum atomic E-state index is 5.87. The van der Waals surface area contributed by atoms with Crippen molar-refractivity contribution in [1.29, 1.82) is 0 Å². The molecule has 2 nitrogen and oxygen atoms in total. The number of rotatable bonds is 3. The zero-order valence-corrected chi connectivity index (χ0v) is 13.3. The number of hydrogen-bond acceptors (Lipinski definition) is 2. The third-order valence-corrected chi connectivity index (χ3v) is 4.37. The van der Waals surface area contributed by atoms with Crippen LogP contribution in [-0.2, 0) is 4.74 Å². The molecule has 0 aromatic heterocycles. The second-order valence-electron chi connectivity index (χ2n) is 6.34. The van der Waals surface area contributed by atoms with E-state index in [4.69, 9.17) is 4.74 Å². The van der Waals surface area contributed by atoms with Crippen LogP contribution in [0.1, 0.15) is 67.2 Å². The minimum absolute atomic E-state index is 0.401. The van der Waals surface area contributed by atoms with E-state index in [1.54, 1.807) is 0 Å². The smallest absolute Gasteiger partial charge is 0.0589 e. The van der Waals surface area contributed by atoms with Crippen LogP contribution in [0.2, 0.25) is 0 Å². The molecule has 1 aliphatic carbocycles. The van der Waals surface area contributed by atoms with Crippen LogP contribution >= 0.6 is 0 Å². The van der Waals surface area contributed by atoms with Crippen LogP contribution in [0.4, 0.5) is 0 Å². The Hall–Kier alpha value is -0.0800. The predicted octanol–water partition coefficient (Wildman–Crippen LogP) is 4.09. The van der Waals surface area contributed by atoms with Gasteiger partial charge in [-0.3, -0.25) is 0 Å². The van der Waals surface area contributed by atoms with Gasteiger partial charge >= 0.3 is 0 Å². The molecule has 2 aliphatic rings. The fraction of sp³-hybridized carbons (Fsp3) is 1.00. The van der Waals surface area contributed by atoms with E-state index >= 15 is 0 Å². The molecule has 0 aromatic rings. The molecular weight excluding hydrogens is 222 g/mol. The lowest BCUT2D eigenvalue weighted by Gasteiger charge is -2.53. The van der Waals surface area contributed by atoms with Crippen LogP contribution in [0.25, 0.3) is 0 Å². The molecule has 0 atom stereocenters. The monoisotopic (exact) mass is 255 g/mol. The van der Waals surface area contributed by atoms with Crippen molar-refractivity contribution in [3.05, 3.63) is 0 Å². The summed E-state index contributed by atoms with van der Waals surface area (Å²) < 4.78 is 5.87. The second kappa shape index (κ2) is 6.91. The molecule has 0 bridgehead atoms. The minimum atomic E-state index is 0.401. The Balaban J connectivity index is 0.000000771. The lowest BCUT2D eigenvalue weighted by atomic mass is 9.61. The highest BCUT2D eigenvalue weighted by Crippen LogP contribution is 2.50. The van der Waals surface area contributed by atoms with Crippen molar-refractivity contribution < 1.29 is 4.74 Å². The van der Waals surface area contributed by atoms with Crippen molar-refractivity contribution in [2.75, 3.05) is 13.1 Å². The molecule has 0 N–H and O–H groups in total. The summed E-state index contributed by atoms with van der Waals surface area (Å²) in [6, 6.07) is 0.722. The topological polar surface area (TPSA) is 12.5 Å². The first-order chi connectivity index (χ1) is 8.51. The van der Waals surface area contributed by atoms with Crippen molar-refractivity contribution >= 4 is 0 Å². The highest BCUT2D eigenvalue weighted by Gasteiger charge is 2.46. The average molecular weight is 255 g/mol. The first-order valence-electron chi connectivity index (χ1n) is 7.90. The van der Waals surface area contributed by atoms with Gasteiger partial charge in [-0.15, -0.1) is 0 Å². The summed E-state index contributed by atoms with van der Waals surface area (Å²) in [6.45, 7) is 15.5. The summed E-state index contributed by atoms with van der Waals surface area (Å²) in [6.07, 6.45) is 6.38. The Morgan fingerprint density at radius 3 is 1.89 bits per heavy atom. The van der Waals surface area contributed by atoms with Gasteiger partial charge in [0.2, 0.25) is 0 Å². The van der Waals surface area contributed by atoms with Crippen molar-refractivity contribution in [2.45, 2.75) is 85.5 Å². The second-order valence-corrected chi connectivity index (χ2v) is 6.34. The van der Waals surface area contributed by atoms with E-state index in [0.29, 0.717) is 17.6 Å². The standard InChI is InChI=1S/C14H27NO.C2H6/c1-11(2)15-7-5-14(6-8-15)9-13(10-14)16-12(3)4;1-2/h11-13H,5-10H2,1-4H3;1-2H3. The van der Waals surface area contributed by atoms with E-state index in [9.17, 15) is 0 Å². The molecule has 0 aromatic carbocycles. The van der Waals surface area contributed by atoms with Gasteiger partial charge in [0.25, 0.3) is 0 Å². The predicted molar refractivity (Wildman–Crippen MR) is 79.0 cm³/mol. The van der Waals surface area contributed by atoms with Crippen LogP contribution in [0, 0.1) is 5.41 Å². The van der Waals surface area contributed by atoms with Crippen LogP contribution in [0.5, 0.6) is 0 Å². The summed E-state index contributed by atoms with van der Waals surface area (Å²) in [5, 5.41) is 0. The third-order valence-electron chi connectivity index (χ3n) is 4.37. The van der Waals surface area contributed by atoms with Gasteiger partial charge in [0, 0.05) is 6.04 Å². The third kappa shape index (κ3) is 3.96. The van der Waals surface area contributed by atoms with Gasteiger partial charge in [0.05, 0.1) is 12.2 Å². The molecule has 0 amide bonds. The average Bonchev–Trinajstić information content (AvgIpc) is 2.29. The summed E-state index contributed by atoms with van der Waals surface area (Å²) in [5.74, 6) is 0. The molecule has 18 heavy (non-hydrogen) atoms. The SMILES string of the molecule is CC.CC(C)OC1CC2(CCN(C(C)C)CC2)C1. The summed E-state index contributed by atoms with van der Waals surface area (Å²) >= 11 is 0. The Labute approximate surface area is 114 Å². The van der Waals surface area contributed by atoms with Crippen molar-refractivity contribution in [3.8, 4) is 0 Å². The van der Waals surface area contributed by atoms with Crippen LogP contribution in [0.15, 0.2) is 0 Å². The lowest BCUT2D eigenvalue weighted by Crippen LogP contribution is -2.51. The summed E-state index contributed by atoms with van der Waals surface area (Å²) in [7, 11) is 0. The van der Waals surface area contributed by atoms with Gasteiger partial charge in [-0.25, -0.2) is 0 Å². The number of nitrogens with zero attached hydrogens (tertiary/aromatic N) is 1. The highest BCUT2D eigenvalue weighted by atomic mass is 16.5. The lowest BCUT2D eigenvalue weighted by molar-refractivity contribution is -0.125. The first kappa shape index (κ1) is 16.0. The molecule has 1 saturated carbocycles. The van der Waals surface area contributed by atoms with Gasteiger partial charge in [-0.1, -0.05) is 13.8 Å². The molecule has 1 spiro atoms. The van der Waals surface area contributed by atoms with Gasteiger partial charge in [-0.05, 0) is 71.9 Å². The first-order valence-corrected chi connectivity index (χ1v) is 7.90. The Kier molecular flexibility index (Phi) is 6.13. The van der Waals surface area contributed by atoms with Crippen molar-refractivity contribution in [3.63, 3.8) is 0 Å². The molecule has 1 saturated heterocycles. The zero-order valence-electron chi connectivity index (χ0n) is 13.3. The Morgan fingerprint density at radius 2 is 1.50 bits per heavy atom. The number of hydrogen-bond donors (Lipinski definition) is 0. The van der Waals surface area contributed by atoms with Gasteiger partial charge in [-0.2, -0.15) is 0 Å². The van der Waals surface area contributed by atoms with E-state index in [0.717, 1.165) is 6.04 Å². The van der Waals surface area contributed by atoms with E-state index in [1.807, 2.05) is 13.8 Å². The largest absolute Gasteiger partial charge is 0.376 e. The number of likely N-dealkylation sites (tertiary alicyclic amines) is 1. The molecule has 2 rings (SSSR count). The quantitative estimate of drug-likeness (QED) is 0.753. The van der Waals surface area contributed by atoms with Gasteiger partial charge < -0.3 is 9.64 Å². The molecule has 108 valence electrons.